The second-order valence-electron chi connectivity index (χ2n) is 6.70. The van der Waals surface area contributed by atoms with Crippen molar-refractivity contribution in [1.29, 1.82) is 0 Å². The molecule has 0 unspecified atom stereocenters. The maximum atomic E-state index is 12.6. The second kappa shape index (κ2) is 5.41. The number of nitrogens with zero attached hydrogens (tertiary/aromatic N) is 2. The zero-order chi connectivity index (χ0) is 13.3. The van der Waals surface area contributed by atoms with Crippen LogP contribution in [-0.4, -0.2) is 62.1 Å². The van der Waals surface area contributed by atoms with Crippen LogP contribution in [0.1, 0.15) is 32.1 Å². The van der Waals surface area contributed by atoms with Crippen molar-refractivity contribution in [1.82, 2.24) is 9.80 Å². The van der Waals surface area contributed by atoms with Crippen molar-refractivity contribution in [3.05, 3.63) is 0 Å². The molecule has 0 radical (unpaired) electrons. The van der Waals surface area contributed by atoms with E-state index in [4.69, 9.17) is 4.74 Å². The van der Waals surface area contributed by atoms with Crippen molar-refractivity contribution in [2.24, 2.45) is 11.3 Å². The van der Waals surface area contributed by atoms with E-state index in [0.717, 1.165) is 39.1 Å². The van der Waals surface area contributed by atoms with Crippen molar-refractivity contribution in [3.63, 3.8) is 0 Å². The second-order valence-corrected chi connectivity index (χ2v) is 6.70. The summed E-state index contributed by atoms with van der Waals surface area (Å²) in [7, 11) is 2.20. The van der Waals surface area contributed by atoms with E-state index >= 15 is 0 Å². The normalized spacial score (nSPS) is 29.0. The highest BCUT2D eigenvalue weighted by molar-refractivity contribution is 5.79. The standard InChI is InChI=1S/C15H26N2O2/c1-16-7-4-15(5-8-16)6-9-17(12-15)14(18)13-2-10-19-11-3-13/h13H,2-12H2,1H3. The van der Waals surface area contributed by atoms with Crippen molar-refractivity contribution >= 4 is 5.91 Å². The van der Waals surface area contributed by atoms with Gasteiger partial charge in [0.1, 0.15) is 0 Å². The Kier molecular flexibility index (Phi) is 3.81. The van der Waals surface area contributed by atoms with Gasteiger partial charge in [-0.15, -0.1) is 0 Å². The minimum Gasteiger partial charge on any atom is -0.381 e. The van der Waals surface area contributed by atoms with Crippen LogP contribution in [0, 0.1) is 11.3 Å². The van der Waals surface area contributed by atoms with E-state index in [2.05, 4.69) is 16.8 Å². The molecular weight excluding hydrogens is 240 g/mol. The third kappa shape index (κ3) is 2.79. The van der Waals surface area contributed by atoms with E-state index in [-0.39, 0.29) is 5.92 Å². The predicted octanol–water partition coefficient (Wildman–Crippen LogP) is 1.36. The molecule has 0 saturated carbocycles. The zero-order valence-electron chi connectivity index (χ0n) is 12.1. The lowest BCUT2D eigenvalue weighted by Gasteiger charge is -2.38. The van der Waals surface area contributed by atoms with E-state index in [1.165, 1.54) is 32.4 Å². The van der Waals surface area contributed by atoms with Crippen LogP contribution in [0.4, 0.5) is 0 Å². The lowest BCUT2D eigenvalue weighted by molar-refractivity contribution is -0.138. The SMILES string of the molecule is CN1CCC2(CC1)CCN(C(=O)C1CCOCC1)C2. The summed E-state index contributed by atoms with van der Waals surface area (Å²) in [5.74, 6) is 0.634. The van der Waals surface area contributed by atoms with Gasteiger partial charge in [0, 0.05) is 32.2 Å². The first-order valence-corrected chi connectivity index (χ1v) is 7.74. The summed E-state index contributed by atoms with van der Waals surface area (Å²) in [6.45, 7) is 5.91. The van der Waals surface area contributed by atoms with Crippen LogP contribution >= 0.6 is 0 Å². The Morgan fingerprint density at radius 3 is 2.42 bits per heavy atom. The average Bonchev–Trinajstić information content (AvgIpc) is 2.87. The molecular formula is C15H26N2O2. The van der Waals surface area contributed by atoms with Gasteiger partial charge in [0.05, 0.1) is 0 Å². The highest BCUT2D eigenvalue weighted by Gasteiger charge is 2.42. The van der Waals surface area contributed by atoms with Gasteiger partial charge < -0.3 is 14.5 Å². The molecule has 0 aromatic heterocycles. The summed E-state index contributed by atoms with van der Waals surface area (Å²) in [5, 5.41) is 0. The number of carbonyl (C=O) groups excluding carboxylic acids is 1. The van der Waals surface area contributed by atoms with Crippen molar-refractivity contribution in [3.8, 4) is 0 Å². The van der Waals surface area contributed by atoms with Gasteiger partial charge in [0.25, 0.3) is 0 Å². The first-order chi connectivity index (χ1) is 9.19. The average molecular weight is 266 g/mol. The first kappa shape index (κ1) is 13.4. The number of ether oxygens (including phenoxy) is 1. The van der Waals surface area contributed by atoms with E-state index in [0.29, 0.717) is 11.3 Å². The smallest absolute Gasteiger partial charge is 0.225 e. The number of hydrogen-bond donors (Lipinski definition) is 0. The summed E-state index contributed by atoms with van der Waals surface area (Å²) >= 11 is 0. The molecule has 3 aliphatic rings. The molecule has 0 N–H and O–H groups in total. The van der Waals surface area contributed by atoms with Crippen LogP contribution in [0.2, 0.25) is 0 Å². The Morgan fingerprint density at radius 2 is 1.74 bits per heavy atom. The Hall–Kier alpha value is -0.610. The maximum Gasteiger partial charge on any atom is 0.225 e. The fourth-order valence-electron chi connectivity index (χ4n) is 3.83. The quantitative estimate of drug-likeness (QED) is 0.718. The number of hydrogen-bond acceptors (Lipinski definition) is 3. The molecule has 0 aliphatic carbocycles. The molecule has 0 aromatic rings. The molecule has 4 heteroatoms. The van der Waals surface area contributed by atoms with Crippen LogP contribution in [-0.2, 0) is 9.53 Å². The summed E-state index contributed by atoms with van der Waals surface area (Å²) in [5.41, 5.74) is 0.438. The molecule has 3 saturated heterocycles. The summed E-state index contributed by atoms with van der Waals surface area (Å²) in [4.78, 5) is 17.1. The Labute approximate surface area is 116 Å². The third-order valence-corrected chi connectivity index (χ3v) is 5.37. The fraction of sp³-hybridized carbons (Fsp3) is 0.933. The lowest BCUT2D eigenvalue weighted by Crippen LogP contribution is -2.42. The Balaban J connectivity index is 1.57. The maximum absolute atomic E-state index is 12.6. The summed E-state index contributed by atoms with van der Waals surface area (Å²) in [6.07, 6.45) is 5.59. The number of piperidine rings is 1. The minimum absolute atomic E-state index is 0.232. The first-order valence-electron chi connectivity index (χ1n) is 7.74. The Bertz CT molecular complexity index is 331. The summed E-state index contributed by atoms with van der Waals surface area (Å²) in [6, 6.07) is 0. The number of rotatable bonds is 1. The largest absolute Gasteiger partial charge is 0.381 e. The molecule has 3 aliphatic heterocycles. The van der Waals surface area contributed by atoms with Crippen LogP contribution < -0.4 is 0 Å². The minimum atomic E-state index is 0.232. The van der Waals surface area contributed by atoms with Gasteiger partial charge in [-0.05, 0) is 57.7 Å². The molecule has 1 spiro atoms. The van der Waals surface area contributed by atoms with Gasteiger partial charge in [-0.2, -0.15) is 0 Å². The van der Waals surface area contributed by atoms with Crippen molar-refractivity contribution < 1.29 is 9.53 Å². The van der Waals surface area contributed by atoms with Crippen LogP contribution in [0.15, 0.2) is 0 Å². The van der Waals surface area contributed by atoms with E-state index in [1.807, 2.05) is 0 Å². The molecule has 19 heavy (non-hydrogen) atoms. The molecule has 3 heterocycles. The predicted molar refractivity (Wildman–Crippen MR) is 73.9 cm³/mol. The molecule has 0 bridgehead atoms. The van der Waals surface area contributed by atoms with Gasteiger partial charge >= 0.3 is 0 Å². The van der Waals surface area contributed by atoms with Gasteiger partial charge in [-0.3, -0.25) is 4.79 Å². The monoisotopic (exact) mass is 266 g/mol. The van der Waals surface area contributed by atoms with Gasteiger partial charge in [0.2, 0.25) is 5.91 Å². The van der Waals surface area contributed by atoms with Gasteiger partial charge in [0.15, 0.2) is 0 Å². The van der Waals surface area contributed by atoms with Gasteiger partial charge in [-0.25, -0.2) is 0 Å². The molecule has 0 aromatic carbocycles. The van der Waals surface area contributed by atoms with Crippen molar-refractivity contribution in [2.75, 3.05) is 46.4 Å². The lowest BCUT2D eigenvalue weighted by atomic mass is 9.78. The van der Waals surface area contributed by atoms with E-state index in [9.17, 15) is 4.79 Å². The molecule has 3 rings (SSSR count). The van der Waals surface area contributed by atoms with Crippen LogP contribution in [0.25, 0.3) is 0 Å². The van der Waals surface area contributed by atoms with Crippen molar-refractivity contribution in [2.45, 2.75) is 32.1 Å². The molecule has 3 fully saturated rings. The third-order valence-electron chi connectivity index (χ3n) is 5.37. The number of amides is 1. The zero-order valence-corrected chi connectivity index (χ0v) is 12.1. The topological polar surface area (TPSA) is 32.8 Å². The highest BCUT2D eigenvalue weighted by atomic mass is 16.5. The molecule has 108 valence electrons. The number of carbonyl (C=O) groups is 1. The molecule has 4 nitrogen and oxygen atoms in total. The van der Waals surface area contributed by atoms with E-state index in [1.54, 1.807) is 0 Å². The Morgan fingerprint density at radius 1 is 1.11 bits per heavy atom. The molecule has 0 atom stereocenters. The van der Waals surface area contributed by atoms with Crippen LogP contribution in [0.3, 0.4) is 0 Å². The van der Waals surface area contributed by atoms with Crippen LogP contribution in [0.5, 0.6) is 0 Å². The van der Waals surface area contributed by atoms with E-state index < -0.39 is 0 Å². The van der Waals surface area contributed by atoms with Gasteiger partial charge in [-0.1, -0.05) is 0 Å². The fourth-order valence-corrected chi connectivity index (χ4v) is 3.83. The highest BCUT2D eigenvalue weighted by Crippen LogP contribution is 2.40. The summed E-state index contributed by atoms with van der Waals surface area (Å²) < 4.78 is 5.36. The molecule has 1 amide bonds. The number of likely N-dealkylation sites (tertiary alicyclic amines) is 2.